The van der Waals surface area contributed by atoms with E-state index in [1.54, 1.807) is 11.9 Å². The normalized spacial score (nSPS) is 17.8. The van der Waals surface area contributed by atoms with Gasteiger partial charge in [-0.15, -0.1) is 0 Å². The summed E-state index contributed by atoms with van der Waals surface area (Å²) in [5, 5.41) is 8.52. The van der Waals surface area contributed by atoms with Gasteiger partial charge in [0.1, 0.15) is 0 Å². The number of carbonyl (C=O) groups excluding carboxylic acids is 1. The molecule has 20 heavy (non-hydrogen) atoms. The van der Waals surface area contributed by atoms with E-state index in [4.69, 9.17) is 5.26 Å². The second-order valence-electron chi connectivity index (χ2n) is 6.47. The molecule has 0 aromatic carbocycles. The summed E-state index contributed by atoms with van der Waals surface area (Å²) >= 11 is 0. The van der Waals surface area contributed by atoms with Gasteiger partial charge >= 0.3 is 0 Å². The first-order chi connectivity index (χ1) is 9.34. The van der Waals surface area contributed by atoms with Crippen molar-refractivity contribution < 1.29 is 4.79 Å². The van der Waals surface area contributed by atoms with Crippen molar-refractivity contribution in [2.45, 2.75) is 39.2 Å². The number of nitriles is 1. The minimum absolute atomic E-state index is 0.138. The van der Waals surface area contributed by atoms with E-state index in [0.29, 0.717) is 19.4 Å². The summed E-state index contributed by atoms with van der Waals surface area (Å²) in [4.78, 5) is 18.4. The van der Waals surface area contributed by atoms with Crippen molar-refractivity contribution in [2.75, 3.05) is 46.3 Å². The molecule has 1 amide bonds. The molecular weight excluding hydrogens is 252 g/mol. The second-order valence-corrected chi connectivity index (χ2v) is 6.47. The first-order valence-electron chi connectivity index (χ1n) is 7.43. The molecule has 1 saturated heterocycles. The largest absolute Gasteiger partial charge is 0.345 e. The van der Waals surface area contributed by atoms with Crippen molar-refractivity contribution in [1.82, 2.24) is 14.7 Å². The maximum Gasteiger partial charge on any atom is 0.223 e. The van der Waals surface area contributed by atoms with Gasteiger partial charge in [-0.05, 0) is 20.8 Å². The number of amides is 1. The Hall–Kier alpha value is -1.12. The van der Waals surface area contributed by atoms with E-state index in [1.807, 2.05) is 0 Å². The summed E-state index contributed by atoms with van der Waals surface area (Å²) in [5.41, 5.74) is 0.236. The van der Waals surface area contributed by atoms with E-state index < -0.39 is 0 Å². The number of hydrogen-bond donors (Lipinski definition) is 0. The van der Waals surface area contributed by atoms with Crippen LogP contribution in [0.15, 0.2) is 0 Å². The van der Waals surface area contributed by atoms with Gasteiger partial charge in [0.15, 0.2) is 0 Å². The first-order valence-corrected chi connectivity index (χ1v) is 7.43. The highest BCUT2D eigenvalue weighted by molar-refractivity contribution is 5.76. The van der Waals surface area contributed by atoms with Crippen LogP contribution < -0.4 is 0 Å². The van der Waals surface area contributed by atoms with Crippen LogP contribution in [0.4, 0.5) is 0 Å². The Morgan fingerprint density at radius 1 is 1.25 bits per heavy atom. The molecule has 5 heteroatoms. The van der Waals surface area contributed by atoms with Gasteiger partial charge in [0.2, 0.25) is 5.91 Å². The van der Waals surface area contributed by atoms with Crippen LogP contribution in [-0.2, 0) is 4.79 Å². The highest BCUT2D eigenvalue weighted by atomic mass is 16.2. The van der Waals surface area contributed by atoms with Crippen LogP contribution in [-0.4, -0.2) is 72.5 Å². The molecule has 0 radical (unpaired) electrons. The topological polar surface area (TPSA) is 50.6 Å². The smallest absolute Gasteiger partial charge is 0.223 e. The molecule has 0 aliphatic carbocycles. The minimum Gasteiger partial charge on any atom is -0.345 e. The van der Waals surface area contributed by atoms with Gasteiger partial charge in [0.25, 0.3) is 0 Å². The molecule has 0 unspecified atom stereocenters. The molecule has 0 spiro atoms. The maximum atomic E-state index is 11.9. The number of carbonyl (C=O) groups is 1. The molecule has 0 atom stereocenters. The second kappa shape index (κ2) is 7.61. The van der Waals surface area contributed by atoms with Crippen molar-refractivity contribution in [3.05, 3.63) is 0 Å². The SMILES string of the molecule is CN(CCC#N)C(=O)CCN1CCN(C(C)(C)C)CC1. The first kappa shape index (κ1) is 16.9. The molecule has 114 valence electrons. The minimum atomic E-state index is 0.138. The lowest BCUT2D eigenvalue weighted by Crippen LogP contribution is -2.53. The third-order valence-electron chi connectivity index (χ3n) is 3.95. The van der Waals surface area contributed by atoms with Crippen LogP contribution in [0.5, 0.6) is 0 Å². The van der Waals surface area contributed by atoms with Crippen LogP contribution in [0, 0.1) is 11.3 Å². The zero-order valence-electron chi connectivity index (χ0n) is 13.4. The number of hydrogen-bond acceptors (Lipinski definition) is 4. The summed E-state index contributed by atoms with van der Waals surface area (Å²) < 4.78 is 0. The van der Waals surface area contributed by atoms with Crippen LogP contribution in [0.2, 0.25) is 0 Å². The summed E-state index contributed by atoms with van der Waals surface area (Å²) in [7, 11) is 1.78. The van der Waals surface area contributed by atoms with Gasteiger partial charge in [0.05, 0.1) is 12.5 Å². The maximum absolute atomic E-state index is 11.9. The predicted octanol–water partition coefficient (Wildman–Crippen LogP) is 1.16. The molecule has 1 aliphatic rings. The molecule has 0 saturated carbocycles. The Bertz CT molecular complexity index is 348. The average molecular weight is 280 g/mol. The summed E-state index contributed by atoms with van der Waals surface area (Å²) in [5.74, 6) is 0.138. The lowest BCUT2D eigenvalue weighted by atomic mass is 10.0. The molecule has 5 nitrogen and oxygen atoms in total. The molecule has 0 aromatic rings. The van der Waals surface area contributed by atoms with E-state index in [0.717, 1.165) is 32.7 Å². The monoisotopic (exact) mass is 280 g/mol. The summed E-state index contributed by atoms with van der Waals surface area (Å²) in [6.45, 7) is 12.3. The van der Waals surface area contributed by atoms with Gasteiger partial charge in [-0.1, -0.05) is 0 Å². The van der Waals surface area contributed by atoms with Crippen molar-refractivity contribution in [3.63, 3.8) is 0 Å². The van der Waals surface area contributed by atoms with E-state index in [2.05, 4.69) is 36.6 Å². The third kappa shape index (κ3) is 5.48. The molecule has 0 N–H and O–H groups in total. The van der Waals surface area contributed by atoms with Gasteiger partial charge in [-0.2, -0.15) is 5.26 Å². The Labute approximate surface area is 123 Å². The zero-order valence-corrected chi connectivity index (χ0v) is 13.4. The highest BCUT2D eigenvalue weighted by Crippen LogP contribution is 2.15. The van der Waals surface area contributed by atoms with E-state index in [9.17, 15) is 4.79 Å². The van der Waals surface area contributed by atoms with E-state index >= 15 is 0 Å². The highest BCUT2D eigenvalue weighted by Gasteiger charge is 2.25. The van der Waals surface area contributed by atoms with Crippen molar-refractivity contribution in [2.24, 2.45) is 0 Å². The summed E-state index contributed by atoms with van der Waals surface area (Å²) in [6, 6.07) is 2.07. The quantitative estimate of drug-likeness (QED) is 0.758. The number of rotatable bonds is 5. The third-order valence-corrected chi connectivity index (χ3v) is 3.95. The average Bonchev–Trinajstić information content (AvgIpc) is 2.41. The lowest BCUT2D eigenvalue weighted by Gasteiger charge is -2.42. The van der Waals surface area contributed by atoms with Crippen molar-refractivity contribution >= 4 is 5.91 Å². The van der Waals surface area contributed by atoms with Crippen LogP contribution in [0.25, 0.3) is 0 Å². The Balaban J connectivity index is 2.24. The standard InChI is InChI=1S/C15H28N4O/c1-15(2,3)19-12-10-18(11-13-19)9-6-14(20)17(4)8-5-7-16/h5-6,8-13H2,1-4H3. The fourth-order valence-corrected chi connectivity index (χ4v) is 2.43. The van der Waals surface area contributed by atoms with Crippen molar-refractivity contribution in [1.29, 1.82) is 5.26 Å². The molecular formula is C15H28N4O. The molecule has 1 fully saturated rings. The summed E-state index contributed by atoms with van der Waals surface area (Å²) in [6.07, 6.45) is 0.962. The van der Waals surface area contributed by atoms with Gasteiger partial charge in [-0.25, -0.2) is 0 Å². The van der Waals surface area contributed by atoms with Crippen molar-refractivity contribution in [3.8, 4) is 6.07 Å². The fourth-order valence-electron chi connectivity index (χ4n) is 2.43. The Morgan fingerprint density at radius 3 is 2.35 bits per heavy atom. The predicted molar refractivity (Wildman–Crippen MR) is 80.3 cm³/mol. The molecule has 0 aromatic heterocycles. The molecule has 1 rings (SSSR count). The van der Waals surface area contributed by atoms with Gasteiger partial charge < -0.3 is 9.80 Å². The lowest BCUT2D eigenvalue weighted by molar-refractivity contribution is -0.130. The van der Waals surface area contributed by atoms with E-state index in [1.165, 1.54) is 0 Å². The number of piperazine rings is 1. The Kier molecular flexibility index (Phi) is 6.44. The molecule has 0 bridgehead atoms. The molecule has 1 aliphatic heterocycles. The van der Waals surface area contributed by atoms with Crippen LogP contribution in [0.1, 0.15) is 33.6 Å². The van der Waals surface area contributed by atoms with Gasteiger partial charge in [0, 0.05) is 58.3 Å². The zero-order chi connectivity index (χ0) is 15.2. The van der Waals surface area contributed by atoms with Crippen LogP contribution in [0.3, 0.4) is 0 Å². The Morgan fingerprint density at radius 2 is 1.85 bits per heavy atom. The van der Waals surface area contributed by atoms with Gasteiger partial charge in [-0.3, -0.25) is 9.69 Å². The fraction of sp³-hybridized carbons (Fsp3) is 0.867. The van der Waals surface area contributed by atoms with E-state index in [-0.39, 0.29) is 11.4 Å². The van der Waals surface area contributed by atoms with Crippen LogP contribution >= 0.6 is 0 Å². The molecule has 1 heterocycles. The number of nitrogens with zero attached hydrogens (tertiary/aromatic N) is 4.